The van der Waals surface area contributed by atoms with Gasteiger partial charge in [0, 0.05) is 5.48 Å². The van der Waals surface area contributed by atoms with Gasteiger partial charge in [0.15, 0.2) is 0 Å². The van der Waals surface area contributed by atoms with Gasteiger partial charge in [-0.25, -0.2) is 0 Å². The molecule has 2 aliphatic carbocycles. The fourth-order valence-electron chi connectivity index (χ4n) is 3.27. The molecule has 0 heterocycles. The van der Waals surface area contributed by atoms with Crippen molar-refractivity contribution < 1.29 is 17.1 Å². The maximum absolute atomic E-state index is 10.8. The minimum absolute atomic E-state index is 0.0803. The summed E-state index contributed by atoms with van der Waals surface area (Å²) in [7, 11) is 0. The molecular weight excluding hydrogens is 248 g/mol. The molecule has 1 fully saturated rings. The Bertz CT molecular complexity index is 562. The van der Waals surface area contributed by atoms with Crippen molar-refractivity contribution in [1.29, 1.82) is 0 Å². The Morgan fingerprint density at radius 1 is 1.45 bits per heavy atom. The maximum Gasteiger partial charge on any atom is 0.0753 e. The summed E-state index contributed by atoms with van der Waals surface area (Å²) in [5, 5.41) is 21.3. The number of unbranched alkanes of at least 4 members (excludes halogenated alkanes) is 1. The van der Waals surface area contributed by atoms with Crippen LogP contribution in [-0.4, -0.2) is 21.9 Å². The molecule has 0 aliphatic heterocycles. The highest BCUT2D eigenvalue weighted by Gasteiger charge is 2.44. The Labute approximate surface area is 131 Å². The van der Waals surface area contributed by atoms with Crippen LogP contribution in [0.5, 0.6) is 0 Å². The van der Waals surface area contributed by atoms with Crippen molar-refractivity contribution in [3.8, 4) is 0 Å². The van der Waals surface area contributed by atoms with Crippen LogP contribution in [0.25, 0.3) is 0 Å². The van der Waals surface area contributed by atoms with Crippen LogP contribution in [0.3, 0.4) is 0 Å². The maximum atomic E-state index is 10.8. The van der Waals surface area contributed by atoms with Crippen LogP contribution >= 0.6 is 0 Å². The van der Waals surface area contributed by atoms with Crippen molar-refractivity contribution in [1.82, 2.24) is 0 Å². The molecule has 2 rings (SSSR count). The highest BCUT2D eigenvalue weighted by molar-refractivity contribution is 5.30. The molecule has 2 nitrogen and oxygen atoms in total. The summed E-state index contributed by atoms with van der Waals surface area (Å²) in [5.41, 5.74) is -1.43. The van der Waals surface area contributed by atoms with Crippen molar-refractivity contribution in [3.63, 3.8) is 0 Å². The third kappa shape index (κ3) is 3.12. The molecule has 2 aliphatic rings. The van der Waals surface area contributed by atoms with Crippen LogP contribution in [0.2, 0.25) is 0 Å². The van der Waals surface area contributed by atoms with Crippen molar-refractivity contribution in [2.75, 3.05) is 0 Å². The Balaban J connectivity index is 2.73. The number of hydrogen-bond donors (Lipinski definition) is 2. The fourth-order valence-corrected chi connectivity index (χ4v) is 3.27. The SMILES string of the molecule is [2H]C1([2H])C2=C(CCCC)C([2H])(O)C([2H])([2H])C[C@@]2(C)CC[C@H]1C(C)(C)O. The Hall–Kier alpha value is -0.340. The van der Waals surface area contributed by atoms with E-state index >= 15 is 0 Å². The minimum atomic E-state index is -2.44. The molecule has 0 aromatic rings. The molecule has 0 saturated heterocycles. The zero-order valence-electron chi connectivity index (χ0n) is 18.2. The van der Waals surface area contributed by atoms with Crippen LogP contribution in [0.1, 0.15) is 85.8 Å². The number of rotatable bonds is 4. The van der Waals surface area contributed by atoms with Gasteiger partial charge in [-0.3, -0.25) is 0 Å². The third-order valence-electron chi connectivity index (χ3n) is 4.77. The molecule has 1 unspecified atom stereocenters. The summed E-state index contributed by atoms with van der Waals surface area (Å²) in [5.74, 6) is -0.653. The van der Waals surface area contributed by atoms with E-state index in [0.29, 0.717) is 31.3 Å². The van der Waals surface area contributed by atoms with E-state index in [9.17, 15) is 10.2 Å². The quantitative estimate of drug-likeness (QED) is 0.760. The molecular formula is C18H32O2. The van der Waals surface area contributed by atoms with E-state index in [1.54, 1.807) is 13.8 Å². The van der Waals surface area contributed by atoms with Gasteiger partial charge in [-0.2, -0.15) is 0 Å². The molecule has 0 aromatic heterocycles. The zero-order chi connectivity index (χ0) is 19.5. The van der Waals surface area contributed by atoms with E-state index in [-0.39, 0.29) is 12.0 Å². The lowest BCUT2D eigenvalue weighted by Crippen LogP contribution is -2.41. The van der Waals surface area contributed by atoms with Crippen LogP contribution in [-0.2, 0) is 0 Å². The van der Waals surface area contributed by atoms with Gasteiger partial charge in [0.1, 0.15) is 0 Å². The molecule has 116 valence electrons. The fraction of sp³-hybridized carbons (Fsp3) is 0.889. The summed E-state index contributed by atoms with van der Waals surface area (Å²) >= 11 is 0. The molecule has 3 atom stereocenters. The second-order valence-electron chi connectivity index (χ2n) is 7.11. The Kier molecular flexibility index (Phi) is 3.02. The van der Waals surface area contributed by atoms with Crippen molar-refractivity contribution in [2.45, 2.75) is 90.6 Å². The summed E-state index contributed by atoms with van der Waals surface area (Å²) in [4.78, 5) is 0. The Morgan fingerprint density at radius 2 is 2.15 bits per heavy atom. The number of fused-ring (bicyclic) bond motifs is 1. The van der Waals surface area contributed by atoms with Crippen LogP contribution in [0, 0.1) is 11.3 Å². The van der Waals surface area contributed by atoms with E-state index in [1.807, 2.05) is 13.8 Å². The van der Waals surface area contributed by atoms with Gasteiger partial charge in [0.2, 0.25) is 0 Å². The van der Waals surface area contributed by atoms with Crippen molar-refractivity contribution >= 4 is 0 Å². The monoisotopic (exact) mass is 285 g/mol. The summed E-state index contributed by atoms with van der Waals surface area (Å²) < 4.78 is 42.5. The van der Waals surface area contributed by atoms with Gasteiger partial charge in [0.25, 0.3) is 0 Å². The molecule has 0 radical (unpaired) electrons. The summed E-state index contributed by atoms with van der Waals surface area (Å²) in [6.45, 7) is 7.01. The van der Waals surface area contributed by atoms with E-state index in [1.165, 1.54) is 0 Å². The molecule has 1 saturated carbocycles. The average Bonchev–Trinajstić information content (AvgIpc) is 2.37. The molecule has 0 bridgehead atoms. The standard InChI is InChI=1S/C18H32O2/c1-5-6-7-14-15-12-13(17(2,3)20)8-10-18(15,4)11-9-16(14)19/h13,16,19-20H,5-12H2,1-4H3/t13-,16?,18-/m1/s1/i9D2,12D2,16D. The number of allylic oxidation sites excluding steroid dienone is 1. The van der Waals surface area contributed by atoms with E-state index in [4.69, 9.17) is 6.85 Å². The van der Waals surface area contributed by atoms with Crippen LogP contribution < -0.4 is 0 Å². The minimum Gasteiger partial charge on any atom is -0.390 e. The number of aliphatic hydroxyl groups is 2. The van der Waals surface area contributed by atoms with Gasteiger partial charge in [-0.05, 0) is 75.6 Å². The normalized spacial score (nSPS) is 47.5. The van der Waals surface area contributed by atoms with Crippen molar-refractivity contribution in [2.24, 2.45) is 11.3 Å². The smallest absolute Gasteiger partial charge is 0.0753 e. The van der Waals surface area contributed by atoms with E-state index in [0.717, 1.165) is 6.42 Å². The first-order valence-corrected chi connectivity index (χ1v) is 7.80. The molecule has 0 aromatic carbocycles. The lowest BCUT2D eigenvalue weighted by molar-refractivity contribution is -0.00760. The molecule has 2 N–H and O–H groups in total. The molecule has 20 heavy (non-hydrogen) atoms. The first-order valence-electron chi connectivity index (χ1n) is 10.3. The largest absolute Gasteiger partial charge is 0.390 e. The number of hydrogen-bond acceptors (Lipinski definition) is 2. The van der Waals surface area contributed by atoms with Gasteiger partial charge in [-0.1, -0.05) is 25.8 Å². The lowest BCUT2D eigenvalue weighted by Gasteiger charge is -2.48. The molecule has 0 amide bonds. The van der Waals surface area contributed by atoms with Crippen LogP contribution in [0.15, 0.2) is 11.1 Å². The second-order valence-corrected chi connectivity index (χ2v) is 7.11. The van der Waals surface area contributed by atoms with E-state index < -0.39 is 35.8 Å². The van der Waals surface area contributed by atoms with E-state index in [2.05, 4.69) is 0 Å². The first-order chi connectivity index (χ1) is 11.1. The predicted molar refractivity (Wildman–Crippen MR) is 83.5 cm³/mol. The van der Waals surface area contributed by atoms with Crippen molar-refractivity contribution in [3.05, 3.63) is 11.1 Å². The lowest BCUT2D eigenvalue weighted by atomic mass is 9.59. The molecule has 0 spiro atoms. The Morgan fingerprint density at radius 3 is 2.75 bits per heavy atom. The second kappa shape index (κ2) is 5.81. The predicted octanol–water partition coefficient (Wildman–Crippen LogP) is 4.21. The molecule has 2 heteroatoms. The van der Waals surface area contributed by atoms with Gasteiger partial charge >= 0.3 is 0 Å². The highest BCUT2D eigenvalue weighted by atomic mass is 16.3. The third-order valence-corrected chi connectivity index (χ3v) is 4.77. The van der Waals surface area contributed by atoms with Gasteiger partial charge in [0.05, 0.1) is 13.1 Å². The highest BCUT2D eigenvalue weighted by Crippen LogP contribution is 2.53. The van der Waals surface area contributed by atoms with Crippen LogP contribution in [0.4, 0.5) is 0 Å². The summed E-state index contributed by atoms with van der Waals surface area (Å²) in [6.07, 6.45) is -3.77. The van der Waals surface area contributed by atoms with Gasteiger partial charge < -0.3 is 10.2 Å². The summed E-state index contributed by atoms with van der Waals surface area (Å²) in [6, 6.07) is 0. The first kappa shape index (κ1) is 10.4. The topological polar surface area (TPSA) is 40.5 Å². The zero-order valence-corrected chi connectivity index (χ0v) is 13.2. The van der Waals surface area contributed by atoms with Gasteiger partial charge in [-0.15, -0.1) is 0 Å². The average molecular weight is 285 g/mol.